The van der Waals surface area contributed by atoms with Crippen LogP contribution < -0.4 is 0 Å². The Morgan fingerprint density at radius 3 is 2.37 bits per heavy atom. The number of carbonyl (C=O) groups is 1. The normalized spacial score (nSPS) is 24.3. The zero-order valence-corrected chi connectivity index (χ0v) is 17.3. The maximum Gasteiger partial charge on any atom is 0.274 e. The fraction of sp³-hybridized carbons (Fsp3) is 0.818. The molecule has 1 atom stereocenters. The van der Waals surface area contributed by atoms with E-state index in [1.54, 1.807) is 0 Å². The number of carbonyl (C=O) groups excluding carboxylic acids is 1. The summed E-state index contributed by atoms with van der Waals surface area (Å²) < 4.78 is 2.17. The molecule has 0 radical (unpaired) electrons. The van der Waals surface area contributed by atoms with E-state index in [0.29, 0.717) is 12.0 Å². The van der Waals surface area contributed by atoms with Crippen LogP contribution in [0.3, 0.4) is 0 Å². The summed E-state index contributed by atoms with van der Waals surface area (Å²) in [4.78, 5) is 17.9. The van der Waals surface area contributed by atoms with E-state index < -0.39 is 0 Å². The van der Waals surface area contributed by atoms with Gasteiger partial charge in [0.15, 0.2) is 5.69 Å². The molecule has 1 unspecified atom stereocenters. The first-order valence-corrected chi connectivity index (χ1v) is 11.3. The van der Waals surface area contributed by atoms with Crippen molar-refractivity contribution in [2.75, 3.05) is 26.2 Å². The van der Waals surface area contributed by atoms with Crippen molar-refractivity contribution in [2.24, 2.45) is 5.92 Å². The van der Waals surface area contributed by atoms with Gasteiger partial charge in [0, 0.05) is 36.9 Å². The number of nitrogens with zero attached hydrogens (tertiary/aromatic N) is 4. The van der Waals surface area contributed by atoms with Crippen LogP contribution in [-0.4, -0.2) is 57.7 Å². The molecule has 0 spiro atoms. The lowest BCUT2D eigenvalue weighted by molar-refractivity contribution is 0.0784. The minimum absolute atomic E-state index is 0.183. The second kappa shape index (κ2) is 8.34. The Morgan fingerprint density at radius 1 is 1.04 bits per heavy atom. The molecule has 2 saturated heterocycles. The lowest BCUT2D eigenvalue weighted by atomic mass is 9.89. The fourth-order valence-electron chi connectivity index (χ4n) is 5.18. The summed E-state index contributed by atoms with van der Waals surface area (Å²) >= 11 is 0. The van der Waals surface area contributed by atoms with E-state index in [4.69, 9.17) is 5.10 Å². The Hall–Kier alpha value is -1.36. The van der Waals surface area contributed by atoms with Gasteiger partial charge in [0.1, 0.15) is 0 Å². The van der Waals surface area contributed by atoms with Crippen LogP contribution in [0.15, 0.2) is 0 Å². The maximum absolute atomic E-state index is 13.2. The van der Waals surface area contributed by atoms with Gasteiger partial charge in [-0.05, 0) is 64.0 Å². The lowest BCUT2D eigenvalue weighted by Crippen LogP contribution is -2.40. The molecule has 0 aromatic carbocycles. The monoisotopic (exact) mass is 372 g/mol. The van der Waals surface area contributed by atoms with Crippen LogP contribution in [-0.2, 0) is 19.4 Å². The summed E-state index contributed by atoms with van der Waals surface area (Å²) in [6.07, 6.45) is 11.0. The molecule has 3 aliphatic rings. The van der Waals surface area contributed by atoms with E-state index in [9.17, 15) is 4.79 Å². The number of fused-ring (bicyclic) bond motifs is 1. The highest BCUT2D eigenvalue weighted by Crippen LogP contribution is 2.30. The minimum atomic E-state index is 0.183. The fourth-order valence-corrected chi connectivity index (χ4v) is 5.18. The van der Waals surface area contributed by atoms with Gasteiger partial charge < -0.3 is 9.80 Å². The Balaban J connectivity index is 1.60. The van der Waals surface area contributed by atoms with Crippen LogP contribution in [0, 0.1) is 5.92 Å². The zero-order chi connectivity index (χ0) is 18.8. The summed E-state index contributed by atoms with van der Waals surface area (Å²) in [7, 11) is 0. The number of hydrogen-bond acceptors (Lipinski definition) is 3. The third-order valence-electron chi connectivity index (χ3n) is 6.61. The number of hydrogen-bond donors (Lipinski definition) is 0. The molecule has 1 aliphatic carbocycles. The molecule has 4 rings (SSSR count). The minimum Gasteiger partial charge on any atom is -0.337 e. The van der Waals surface area contributed by atoms with E-state index in [1.807, 2.05) is 4.90 Å². The van der Waals surface area contributed by atoms with Crippen molar-refractivity contribution >= 4 is 5.91 Å². The summed E-state index contributed by atoms with van der Waals surface area (Å²) in [5, 5.41) is 4.88. The molecule has 3 heterocycles. The van der Waals surface area contributed by atoms with Crippen molar-refractivity contribution in [3.63, 3.8) is 0 Å². The highest BCUT2D eigenvalue weighted by molar-refractivity contribution is 5.94. The van der Waals surface area contributed by atoms with Crippen molar-refractivity contribution in [3.8, 4) is 0 Å². The highest BCUT2D eigenvalue weighted by Gasteiger charge is 2.34. The maximum atomic E-state index is 13.2. The Morgan fingerprint density at radius 2 is 1.70 bits per heavy atom. The molecule has 5 nitrogen and oxygen atoms in total. The molecule has 2 aliphatic heterocycles. The van der Waals surface area contributed by atoms with Crippen molar-refractivity contribution < 1.29 is 4.79 Å². The zero-order valence-electron chi connectivity index (χ0n) is 17.3. The van der Waals surface area contributed by atoms with Crippen molar-refractivity contribution in [3.05, 3.63) is 17.0 Å². The predicted molar refractivity (Wildman–Crippen MR) is 108 cm³/mol. The molecule has 0 saturated carbocycles. The Bertz CT molecular complexity index is 652. The Labute approximate surface area is 164 Å². The molecule has 5 heteroatoms. The van der Waals surface area contributed by atoms with Crippen LogP contribution in [0.2, 0.25) is 0 Å². The average Bonchev–Trinajstić information content (AvgIpc) is 3.22. The molecular formula is C22H36N4O. The third-order valence-corrected chi connectivity index (χ3v) is 6.61. The molecule has 27 heavy (non-hydrogen) atoms. The van der Waals surface area contributed by atoms with Gasteiger partial charge in [0.2, 0.25) is 0 Å². The lowest BCUT2D eigenvalue weighted by Gasteiger charge is -2.34. The van der Waals surface area contributed by atoms with Gasteiger partial charge in [-0.15, -0.1) is 0 Å². The number of likely N-dealkylation sites (tertiary alicyclic amines) is 2. The summed E-state index contributed by atoms with van der Waals surface area (Å²) in [5.74, 6) is 0.731. The summed E-state index contributed by atoms with van der Waals surface area (Å²) in [5.41, 5.74) is 3.39. The standard InChI is InChI=1S/C22H36N4O/c1-17(2)16-26-20-10-9-18(24-11-5-3-4-6-12-24)15-19(20)21(23-26)22(27)25-13-7-8-14-25/h17-18H,3-16H2,1-2H3. The van der Waals surface area contributed by atoms with Gasteiger partial charge in [0.05, 0.1) is 0 Å². The second-order valence-electron chi connectivity index (χ2n) is 9.20. The van der Waals surface area contributed by atoms with Gasteiger partial charge in [0.25, 0.3) is 5.91 Å². The summed E-state index contributed by atoms with van der Waals surface area (Å²) in [6, 6.07) is 0.595. The van der Waals surface area contributed by atoms with Crippen LogP contribution in [0.1, 0.15) is 80.5 Å². The molecule has 2 fully saturated rings. The largest absolute Gasteiger partial charge is 0.337 e. The first-order valence-electron chi connectivity index (χ1n) is 11.3. The number of aromatic nitrogens is 2. The highest BCUT2D eigenvalue weighted by atomic mass is 16.2. The predicted octanol–water partition coefficient (Wildman–Crippen LogP) is 3.51. The van der Waals surface area contributed by atoms with E-state index >= 15 is 0 Å². The summed E-state index contributed by atoms with van der Waals surface area (Å²) in [6.45, 7) is 9.66. The van der Waals surface area contributed by atoms with Crippen molar-refractivity contribution in [1.82, 2.24) is 19.6 Å². The van der Waals surface area contributed by atoms with Gasteiger partial charge in [-0.25, -0.2) is 0 Å². The second-order valence-corrected chi connectivity index (χ2v) is 9.20. The third kappa shape index (κ3) is 4.08. The van der Waals surface area contributed by atoms with Gasteiger partial charge in [-0.2, -0.15) is 5.10 Å². The van der Waals surface area contributed by atoms with Gasteiger partial charge in [-0.1, -0.05) is 26.7 Å². The topological polar surface area (TPSA) is 41.4 Å². The quantitative estimate of drug-likeness (QED) is 0.812. The van der Waals surface area contributed by atoms with E-state index in [1.165, 1.54) is 56.5 Å². The molecule has 0 N–H and O–H groups in total. The number of amides is 1. The van der Waals surface area contributed by atoms with E-state index in [2.05, 4.69) is 23.4 Å². The van der Waals surface area contributed by atoms with Crippen molar-refractivity contribution in [2.45, 2.75) is 84.2 Å². The van der Waals surface area contributed by atoms with Crippen molar-refractivity contribution in [1.29, 1.82) is 0 Å². The molecule has 1 aromatic heterocycles. The van der Waals surface area contributed by atoms with E-state index in [0.717, 1.165) is 51.0 Å². The first kappa shape index (κ1) is 19.0. The van der Waals surface area contributed by atoms with Crippen LogP contribution in [0.4, 0.5) is 0 Å². The average molecular weight is 373 g/mol. The van der Waals surface area contributed by atoms with Crippen LogP contribution >= 0.6 is 0 Å². The first-order chi connectivity index (χ1) is 13.1. The SMILES string of the molecule is CC(C)Cn1nc(C(=O)N2CCCC2)c2c1CCC(N1CCCCCC1)C2. The van der Waals surface area contributed by atoms with Crippen LogP contribution in [0.25, 0.3) is 0 Å². The Kier molecular flexibility index (Phi) is 5.86. The smallest absolute Gasteiger partial charge is 0.274 e. The molecular weight excluding hydrogens is 336 g/mol. The molecule has 0 bridgehead atoms. The molecule has 150 valence electrons. The number of rotatable bonds is 4. The van der Waals surface area contributed by atoms with E-state index in [-0.39, 0.29) is 5.91 Å². The van der Waals surface area contributed by atoms with Gasteiger partial charge in [-0.3, -0.25) is 9.48 Å². The van der Waals surface area contributed by atoms with Gasteiger partial charge >= 0.3 is 0 Å². The molecule has 1 amide bonds. The van der Waals surface area contributed by atoms with Crippen LogP contribution in [0.5, 0.6) is 0 Å². The molecule has 1 aromatic rings.